The van der Waals surface area contributed by atoms with Crippen molar-refractivity contribution in [3.63, 3.8) is 0 Å². The lowest BCUT2D eigenvalue weighted by molar-refractivity contribution is 0.667. The summed E-state index contributed by atoms with van der Waals surface area (Å²) >= 11 is 0.882. The number of rotatable bonds is 4. The van der Waals surface area contributed by atoms with Gasteiger partial charge in [0.25, 0.3) is 0 Å². The van der Waals surface area contributed by atoms with Crippen molar-refractivity contribution in [2.45, 2.75) is 0 Å². The molecule has 0 aliphatic heterocycles. The molecule has 0 fully saturated rings. The molecule has 0 radical (unpaired) electrons. The lowest BCUT2D eigenvalue weighted by Crippen LogP contribution is -1.88. The molecule has 0 saturated carbocycles. The SMILES string of the molecule is [2H]c1cc([2H])c(-c2c([2H])c([2H])c([2H])c3c2sc2c([2H])c([2H])c([2H])c([2H])c23)c([2H])c1-c1ncnc2c1oc1ccc(-c3ccc4cc(-c5c([2H])c([2H])c6c([2H])c([2H])c([2H])c([2H])c6c5[2H])ccc4c3)cc12. The average Bonchev–Trinajstić information content (AvgIpc) is 3.92. The van der Waals surface area contributed by atoms with Crippen LogP contribution in [0.25, 0.3) is 108 Å². The van der Waals surface area contributed by atoms with Crippen LogP contribution in [-0.4, -0.2) is 9.97 Å². The number of fused-ring (bicyclic) bond motifs is 8. The van der Waals surface area contributed by atoms with Crippen molar-refractivity contribution < 1.29 is 27.7 Å². The van der Waals surface area contributed by atoms with E-state index in [1.165, 1.54) is 12.4 Å². The molecule has 0 N–H and O–H groups in total. The molecule has 242 valence electrons. The van der Waals surface area contributed by atoms with Crippen LogP contribution in [-0.2, 0) is 0 Å². The molecule has 3 aromatic heterocycles. The van der Waals surface area contributed by atoms with Crippen molar-refractivity contribution in [2.24, 2.45) is 0 Å². The normalized spacial score (nSPS) is 16.4. The monoisotopic (exact) mass is 697 g/mol. The Balaban J connectivity index is 1.02. The predicted octanol–water partition coefficient (Wildman–Crippen LogP) is 13.7. The van der Waals surface area contributed by atoms with Gasteiger partial charge in [0.05, 0.1) is 23.3 Å². The van der Waals surface area contributed by atoms with E-state index in [4.69, 9.17) is 26.3 Å². The Morgan fingerprint density at radius 2 is 1.27 bits per heavy atom. The van der Waals surface area contributed by atoms with Crippen molar-refractivity contribution in [2.75, 3.05) is 0 Å². The van der Waals surface area contributed by atoms with Gasteiger partial charge >= 0.3 is 0 Å². The Morgan fingerprint density at radius 1 is 0.519 bits per heavy atom. The number of thiophene rings is 1. The highest BCUT2D eigenvalue weighted by Gasteiger charge is 2.17. The fraction of sp³-hybridized carbons (Fsp3) is 0. The predicted molar refractivity (Wildman–Crippen MR) is 219 cm³/mol. The van der Waals surface area contributed by atoms with Crippen molar-refractivity contribution in [3.05, 3.63) is 170 Å². The van der Waals surface area contributed by atoms with Crippen LogP contribution in [0.15, 0.2) is 174 Å². The Labute approximate surface area is 327 Å². The highest BCUT2D eigenvalue weighted by Crippen LogP contribution is 2.42. The minimum absolute atomic E-state index is 0.000454. The average molecular weight is 698 g/mol. The van der Waals surface area contributed by atoms with Crippen LogP contribution in [0.1, 0.15) is 23.3 Å². The molecular formula is C48H28N2OS. The van der Waals surface area contributed by atoms with Gasteiger partial charge in [-0.15, -0.1) is 11.3 Å². The van der Waals surface area contributed by atoms with Crippen LogP contribution in [0.4, 0.5) is 0 Å². The summed E-state index contributed by atoms with van der Waals surface area (Å²) in [5.41, 5.74) is 2.70. The van der Waals surface area contributed by atoms with Gasteiger partial charge in [-0.1, -0.05) is 121 Å². The van der Waals surface area contributed by atoms with E-state index in [0.717, 1.165) is 33.2 Å². The quantitative estimate of drug-likeness (QED) is 0.184. The molecule has 0 atom stereocenters. The van der Waals surface area contributed by atoms with Gasteiger partial charge in [0.2, 0.25) is 0 Å². The zero-order valence-electron chi connectivity index (χ0n) is 43.6. The highest BCUT2D eigenvalue weighted by atomic mass is 32.1. The lowest BCUT2D eigenvalue weighted by atomic mass is 9.96. The molecule has 0 aliphatic rings. The van der Waals surface area contributed by atoms with Gasteiger partial charge in [0, 0.05) is 31.1 Å². The molecule has 52 heavy (non-hydrogen) atoms. The number of aromatic nitrogens is 2. The Morgan fingerprint density at radius 3 is 2.17 bits per heavy atom. The summed E-state index contributed by atoms with van der Waals surface area (Å²) in [7, 11) is 0. The summed E-state index contributed by atoms with van der Waals surface area (Å²) in [5, 5.41) is 1.82. The molecule has 0 saturated heterocycles. The van der Waals surface area contributed by atoms with Gasteiger partial charge in [-0.3, -0.25) is 0 Å². The second-order valence-electron chi connectivity index (χ2n) is 12.1. The van der Waals surface area contributed by atoms with Gasteiger partial charge in [-0.25, -0.2) is 9.97 Å². The molecule has 4 heteroatoms. The molecule has 3 heterocycles. The minimum atomic E-state index is -0.564. The fourth-order valence-electron chi connectivity index (χ4n) is 6.58. The first-order valence-corrected chi connectivity index (χ1v) is 16.9. The topological polar surface area (TPSA) is 38.9 Å². The van der Waals surface area contributed by atoms with Gasteiger partial charge in [-0.2, -0.15) is 0 Å². The van der Waals surface area contributed by atoms with Crippen LogP contribution < -0.4 is 0 Å². The Kier molecular flexibility index (Phi) is 3.76. The van der Waals surface area contributed by atoms with E-state index < -0.39 is 72.5 Å². The third-order valence-electron chi connectivity index (χ3n) is 9.07. The molecule has 11 rings (SSSR count). The maximum Gasteiger partial charge on any atom is 0.180 e. The summed E-state index contributed by atoms with van der Waals surface area (Å²) in [5.74, 6) is 0. The number of nitrogens with zero attached hydrogens (tertiary/aromatic N) is 2. The van der Waals surface area contributed by atoms with E-state index in [2.05, 4.69) is 9.97 Å². The van der Waals surface area contributed by atoms with Gasteiger partial charge < -0.3 is 4.42 Å². The number of benzene rings is 8. The maximum atomic E-state index is 9.55. The lowest BCUT2D eigenvalue weighted by Gasteiger charge is -2.08. The van der Waals surface area contributed by atoms with E-state index in [0.29, 0.717) is 22.0 Å². The largest absolute Gasteiger partial charge is 0.452 e. The number of hydrogen-bond acceptors (Lipinski definition) is 4. The summed E-state index contributed by atoms with van der Waals surface area (Å²) in [4.78, 5) is 9.00. The van der Waals surface area contributed by atoms with Crippen molar-refractivity contribution in [1.29, 1.82) is 0 Å². The number of hydrogen-bond donors (Lipinski definition) is 0. The van der Waals surface area contributed by atoms with E-state index in [9.17, 15) is 1.37 Å². The van der Waals surface area contributed by atoms with Crippen LogP contribution in [0.3, 0.4) is 0 Å². The first-order chi connectivity index (χ1) is 32.8. The molecular weight excluding hydrogens is 653 g/mol. The summed E-state index contributed by atoms with van der Waals surface area (Å²) in [6.07, 6.45) is 1.26. The zero-order chi connectivity index (χ0) is 49.0. The first kappa shape index (κ1) is 17.1. The first-order valence-electron chi connectivity index (χ1n) is 24.6. The van der Waals surface area contributed by atoms with Crippen molar-refractivity contribution in [1.82, 2.24) is 9.97 Å². The molecule has 0 spiro atoms. The summed E-state index contributed by atoms with van der Waals surface area (Å²) < 4.78 is 154. The minimum Gasteiger partial charge on any atom is -0.452 e. The molecule has 0 unspecified atom stereocenters. The van der Waals surface area contributed by atoms with E-state index >= 15 is 0 Å². The standard InChI is InChI=1S/C48H28N2OS/c1-2-8-30-23-31(16-15-29(30)7-1)32-17-18-34-25-35(20-19-33(34)24-32)36-21-22-43-42(27-36)46-47(51-43)45(49-28-50-46)38-10-5-9-37(26-38)39-12-6-13-41-40-11-3-4-14-44(40)52-48(39)41/h1-28H/i1D,2D,3D,4D,6D,7D,8D,9D,10D,11D,12D,13D,14D,15D,16D,23D,26D. The molecule has 3 nitrogen and oxygen atoms in total. The summed E-state index contributed by atoms with van der Waals surface area (Å²) in [6, 6.07) is 10.4. The molecule has 0 bridgehead atoms. The van der Waals surface area contributed by atoms with E-state index in [1.807, 2.05) is 30.3 Å². The van der Waals surface area contributed by atoms with Crippen LogP contribution >= 0.6 is 11.3 Å². The van der Waals surface area contributed by atoms with Gasteiger partial charge in [0.15, 0.2) is 5.58 Å². The third-order valence-corrected chi connectivity index (χ3v) is 10.2. The smallest absolute Gasteiger partial charge is 0.180 e. The third kappa shape index (κ3) is 4.65. The molecule has 0 amide bonds. The molecule has 8 aromatic carbocycles. The van der Waals surface area contributed by atoms with Gasteiger partial charge in [-0.05, 0) is 97.3 Å². The second-order valence-corrected chi connectivity index (χ2v) is 13.1. The summed E-state index contributed by atoms with van der Waals surface area (Å²) in [6.45, 7) is 0. The van der Waals surface area contributed by atoms with Crippen molar-refractivity contribution in [3.8, 4) is 44.6 Å². The maximum absolute atomic E-state index is 9.55. The van der Waals surface area contributed by atoms with Crippen LogP contribution in [0.2, 0.25) is 0 Å². The van der Waals surface area contributed by atoms with E-state index in [1.54, 1.807) is 24.3 Å². The Bertz CT molecular complexity index is 4190. The molecule has 11 aromatic rings. The van der Waals surface area contributed by atoms with Crippen LogP contribution in [0.5, 0.6) is 0 Å². The van der Waals surface area contributed by atoms with Crippen LogP contribution in [0, 0.1) is 0 Å². The fourth-order valence-corrected chi connectivity index (χ4v) is 7.66. The highest BCUT2D eigenvalue weighted by molar-refractivity contribution is 7.26. The van der Waals surface area contributed by atoms with E-state index in [-0.39, 0.29) is 94.7 Å². The second kappa shape index (κ2) is 11.5. The zero-order valence-corrected chi connectivity index (χ0v) is 27.4. The number of furan rings is 1. The van der Waals surface area contributed by atoms with Gasteiger partial charge in [0.1, 0.15) is 23.1 Å². The van der Waals surface area contributed by atoms with Crippen molar-refractivity contribution >= 4 is 75.1 Å². The molecule has 0 aliphatic carbocycles. The Hall–Kier alpha value is -6.62.